The Morgan fingerprint density at radius 2 is 1.59 bits per heavy atom. The molecule has 0 aliphatic carbocycles. The van der Waals surface area contributed by atoms with E-state index in [1.54, 1.807) is 29.2 Å². The van der Waals surface area contributed by atoms with Crippen molar-refractivity contribution in [2.75, 3.05) is 13.1 Å². The second kappa shape index (κ2) is 9.67. The summed E-state index contributed by atoms with van der Waals surface area (Å²) >= 11 is 0. The number of aryl methyl sites for hydroxylation is 1. The van der Waals surface area contributed by atoms with Gasteiger partial charge in [-0.15, -0.1) is 0 Å². The predicted octanol–water partition coefficient (Wildman–Crippen LogP) is 3.53. The van der Waals surface area contributed by atoms with Crippen LogP contribution in [-0.4, -0.2) is 32.3 Å². The van der Waals surface area contributed by atoms with E-state index in [2.05, 4.69) is 4.72 Å². The molecule has 0 aliphatic heterocycles. The zero-order valence-corrected chi connectivity index (χ0v) is 17.0. The van der Waals surface area contributed by atoms with E-state index in [0.717, 1.165) is 11.1 Å². The lowest BCUT2D eigenvalue weighted by molar-refractivity contribution is -0.130. The monoisotopic (exact) mass is 388 g/mol. The molecular formula is C21H28N2O3S. The lowest BCUT2D eigenvalue weighted by Crippen LogP contribution is -2.30. The summed E-state index contributed by atoms with van der Waals surface area (Å²) in [5, 5.41) is 0. The number of carbonyl (C=O) groups is 1. The summed E-state index contributed by atoms with van der Waals surface area (Å²) in [4.78, 5) is 14.1. The van der Waals surface area contributed by atoms with Gasteiger partial charge in [-0.2, -0.15) is 0 Å². The third-order valence-electron chi connectivity index (χ3n) is 4.61. The first-order valence-electron chi connectivity index (χ1n) is 9.31. The van der Waals surface area contributed by atoms with Crippen LogP contribution in [0, 0.1) is 0 Å². The first kappa shape index (κ1) is 21.1. The summed E-state index contributed by atoms with van der Waals surface area (Å²) in [7, 11) is -3.60. The van der Waals surface area contributed by atoms with E-state index >= 15 is 0 Å². The van der Waals surface area contributed by atoms with Gasteiger partial charge in [-0.1, -0.05) is 42.5 Å². The largest absolute Gasteiger partial charge is 0.343 e. The molecule has 27 heavy (non-hydrogen) atoms. The van der Waals surface area contributed by atoms with Gasteiger partial charge in [0.25, 0.3) is 0 Å². The molecule has 1 amide bonds. The van der Waals surface area contributed by atoms with Gasteiger partial charge in [0.1, 0.15) is 0 Å². The molecule has 2 aromatic rings. The van der Waals surface area contributed by atoms with Gasteiger partial charge in [-0.05, 0) is 50.5 Å². The first-order valence-corrected chi connectivity index (χ1v) is 10.8. The zero-order chi connectivity index (χ0) is 19.9. The molecule has 5 nitrogen and oxygen atoms in total. The number of nitrogens with one attached hydrogen (secondary N) is 1. The molecule has 0 unspecified atom stereocenters. The van der Waals surface area contributed by atoms with E-state index < -0.39 is 10.0 Å². The molecule has 6 heteroatoms. The fourth-order valence-corrected chi connectivity index (χ4v) is 4.16. The number of carbonyl (C=O) groups excluding carboxylic acids is 1. The summed E-state index contributed by atoms with van der Waals surface area (Å²) in [5.74, 6) is 0.120. The molecule has 1 atom stereocenters. The van der Waals surface area contributed by atoms with Crippen molar-refractivity contribution in [3.05, 3.63) is 65.7 Å². The number of sulfonamides is 1. The zero-order valence-electron chi connectivity index (χ0n) is 16.2. The van der Waals surface area contributed by atoms with Crippen molar-refractivity contribution in [3.63, 3.8) is 0 Å². The summed E-state index contributed by atoms with van der Waals surface area (Å²) in [6, 6.07) is 15.9. The van der Waals surface area contributed by atoms with Gasteiger partial charge in [0.15, 0.2) is 0 Å². The summed E-state index contributed by atoms with van der Waals surface area (Å²) < 4.78 is 27.9. The minimum absolute atomic E-state index is 0.120. The quantitative estimate of drug-likeness (QED) is 0.715. The number of benzene rings is 2. The summed E-state index contributed by atoms with van der Waals surface area (Å²) in [6.45, 7) is 7.16. The van der Waals surface area contributed by atoms with Crippen molar-refractivity contribution in [3.8, 4) is 0 Å². The van der Waals surface area contributed by atoms with Crippen molar-refractivity contribution in [1.29, 1.82) is 0 Å². The van der Waals surface area contributed by atoms with E-state index in [1.807, 2.05) is 51.1 Å². The van der Waals surface area contributed by atoms with Gasteiger partial charge in [0, 0.05) is 25.6 Å². The Balaban J connectivity index is 2.00. The van der Waals surface area contributed by atoms with Gasteiger partial charge in [0.2, 0.25) is 15.9 Å². The van der Waals surface area contributed by atoms with Gasteiger partial charge >= 0.3 is 0 Å². The lowest BCUT2D eigenvalue weighted by Gasteiger charge is -2.18. The molecule has 0 aromatic heterocycles. The van der Waals surface area contributed by atoms with Crippen molar-refractivity contribution < 1.29 is 13.2 Å². The van der Waals surface area contributed by atoms with Crippen LogP contribution < -0.4 is 4.72 Å². The molecule has 0 spiro atoms. The van der Waals surface area contributed by atoms with E-state index in [9.17, 15) is 13.2 Å². The average molecular weight is 389 g/mol. The number of nitrogens with zero attached hydrogens (tertiary/aromatic N) is 1. The molecule has 0 bridgehead atoms. The first-order chi connectivity index (χ1) is 12.9. The normalized spacial score (nSPS) is 12.6. The van der Waals surface area contributed by atoms with Gasteiger partial charge in [-0.3, -0.25) is 4.79 Å². The van der Waals surface area contributed by atoms with Crippen LogP contribution in [0.25, 0.3) is 0 Å². The van der Waals surface area contributed by atoms with Crippen LogP contribution >= 0.6 is 0 Å². The summed E-state index contributed by atoms with van der Waals surface area (Å²) in [6.07, 6.45) is 1.03. The molecule has 0 aliphatic rings. The van der Waals surface area contributed by atoms with E-state index in [4.69, 9.17) is 0 Å². The second-order valence-electron chi connectivity index (χ2n) is 6.46. The Bertz CT molecular complexity index is 829. The highest BCUT2D eigenvalue weighted by Crippen LogP contribution is 2.17. The molecule has 0 radical (unpaired) electrons. The maximum absolute atomic E-state index is 12.6. The number of rotatable bonds is 9. The maximum atomic E-state index is 12.6. The molecule has 146 valence electrons. The Labute approximate surface area is 162 Å². The molecule has 2 aromatic carbocycles. The van der Waals surface area contributed by atoms with Crippen LogP contribution in [0.5, 0.6) is 0 Å². The Kier molecular flexibility index (Phi) is 7.56. The Morgan fingerprint density at radius 1 is 1.00 bits per heavy atom. The highest BCUT2D eigenvalue weighted by Gasteiger charge is 2.18. The standard InChI is InChI=1S/C21H28N2O3S/c1-4-23(5-2)21(24)16-13-18-11-14-20(15-12-18)27(25,26)22-17(3)19-9-7-6-8-10-19/h6-12,14-15,17,22H,4-5,13,16H2,1-3H3/t17-/m0/s1. The predicted molar refractivity (Wildman–Crippen MR) is 108 cm³/mol. The van der Waals surface area contributed by atoms with Crippen LogP contribution in [-0.2, 0) is 21.2 Å². The number of hydrogen-bond acceptors (Lipinski definition) is 3. The average Bonchev–Trinajstić information content (AvgIpc) is 2.68. The third-order valence-corrected chi connectivity index (χ3v) is 6.17. The van der Waals surface area contributed by atoms with E-state index in [-0.39, 0.29) is 16.8 Å². The number of hydrogen-bond donors (Lipinski definition) is 1. The number of amides is 1. The fraction of sp³-hybridized carbons (Fsp3) is 0.381. The minimum Gasteiger partial charge on any atom is -0.343 e. The maximum Gasteiger partial charge on any atom is 0.241 e. The van der Waals surface area contributed by atoms with Crippen molar-refractivity contribution in [2.24, 2.45) is 0 Å². The van der Waals surface area contributed by atoms with Crippen LogP contribution in [0.4, 0.5) is 0 Å². The molecule has 2 rings (SSSR count). The van der Waals surface area contributed by atoms with Gasteiger partial charge in [-0.25, -0.2) is 13.1 Å². The Morgan fingerprint density at radius 3 is 2.15 bits per heavy atom. The van der Waals surface area contributed by atoms with Crippen LogP contribution in [0.15, 0.2) is 59.5 Å². The lowest BCUT2D eigenvalue weighted by atomic mass is 10.1. The highest BCUT2D eigenvalue weighted by molar-refractivity contribution is 7.89. The summed E-state index contributed by atoms with van der Waals surface area (Å²) in [5.41, 5.74) is 1.86. The molecule has 0 heterocycles. The van der Waals surface area contributed by atoms with Crippen LogP contribution in [0.1, 0.15) is 44.4 Å². The molecule has 0 saturated carbocycles. The Hall–Kier alpha value is -2.18. The molecule has 0 fully saturated rings. The SMILES string of the molecule is CCN(CC)C(=O)CCc1ccc(S(=O)(=O)N[C@@H](C)c2ccccc2)cc1. The minimum atomic E-state index is -3.60. The van der Waals surface area contributed by atoms with Gasteiger partial charge < -0.3 is 4.90 Å². The van der Waals surface area contributed by atoms with E-state index in [1.165, 1.54) is 0 Å². The van der Waals surface area contributed by atoms with Crippen molar-refractivity contribution >= 4 is 15.9 Å². The topological polar surface area (TPSA) is 66.5 Å². The van der Waals surface area contributed by atoms with Crippen LogP contribution in [0.2, 0.25) is 0 Å². The second-order valence-corrected chi connectivity index (χ2v) is 8.18. The third kappa shape index (κ3) is 5.91. The fourth-order valence-electron chi connectivity index (χ4n) is 2.93. The molecule has 1 N–H and O–H groups in total. The highest BCUT2D eigenvalue weighted by atomic mass is 32.2. The van der Waals surface area contributed by atoms with Crippen molar-refractivity contribution in [2.45, 2.75) is 44.6 Å². The van der Waals surface area contributed by atoms with Crippen LogP contribution in [0.3, 0.4) is 0 Å². The molecule has 0 saturated heterocycles. The van der Waals surface area contributed by atoms with E-state index in [0.29, 0.717) is 25.9 Å². The van der Waals surface area contributed by atoms with Crippen molar-refractivity contribution in [1.82, 2.24) is 9.62 Å². The smallest absolute Gasteiger partial charge is 0.241 e. The molecular weight excluding hydrogens is 360 g/mol. The van der Waals surface area contributed by atoms with Gasteiger partial charge in [0.05, 0.1) is 4.90 Å².